The summed E-state index contributed by atoms with van der Waals surface area (Å²) >= 11 is 12.5. The number of benzene rings is 2. The van der Waals surface area contributed by atoms with E-state index >= 15 is 0 Å². The quantitative estimate of drug-likeness (QED) is 0.191. The minimum absolute atomic E-state index is 0.0651. The third-order valence-corrected chi connectivity index (χ3v) is 6.32. The molecule has 0 radical (unpaired) electrons. The number of Topliss-reactive ketones (excluding diaryl/α,β-unsaturated/α-hetero) is 1. The van der Waals surface area contributed by atoms with Crippen molar-refractivity contribution in [1.29, 1.82) is 0 Å². The topological polar surface area (TPSA) is 106 Å². The number of pyridine rings is 1. The first-order chi connectivity index (χ1) is 17.8. The number of aliphatic hydroxyl groups excluding tert-OH is 1. The third kappa shape index (κ3) is 5.16. The third-order valence-electron chi connectivity index (χ3n) is 5.76. The van der Waals surface area contributed by atoms with E-state index in [0.29, 0.717) is 16.9 Å². The lowest BCUT2D eigenvalue weighted by Gasteiger charge is -2.24. The Morgan fingerprint density at radius 2 is 1.76 bits per heavy atom. The highest BCUT2D eigenvalue weighted by atomic mass is 35.5. The Morgan fingerprint density at radius 3 is 2.32 bits per heavy atom. The number of esters is 1. The lowest BCUT2D eigenvalue weighted by atomic mass is 9.98. The molecule has 1 amide bonds. The van der Waals surface area contributed by atoms with E-state index in [1.54, 1.807) is 49.4 Å². The lowest BCUT2D eigenvalue weighted by Crippen LogP contribution is -2.29. The minimum atomic E-state index is -1.03. The van der Waals surface area contributed by atoms with Crippen LogP contribution in [0.2, 0.25) is 10.0 Å². The largest absolute Gasteiger partial charge is 0.507 e. The van der Waals surface area contributed by atoms with Crippen molar-refractivity contribution in [3.8, 4) is 5.75 Å². The number of halogens is 2. The maximum absolute atomic E-state index is 13.3. The summed E-state index contributed by atoms with van der Waals surface area (Å²) in [5.74, 6) is -2.36. The van der Waals surface area contributed by atoms with Gasteiger partial charge in [0, 0.05) is 17.4 Å². The summed E-state index contributed by atoms with van der Waals surface area (Å²) in [5.41, 5.74) is 1.39. The fourth-order valence-corrected chi connectivity index (χ4v) is 4.76. The molecule has 37 heavy (non-hydrogen) atoms. The van der Waals surface area contributed by atoms with Gasteiger partial charge in [-0.3, -0.25) is 24.3 Å². The van der Waals surface area contributed by atoms with Crippen LogP contribution in [-0.4, -0.2) is 41.5 Å². The molecule has 1 saturated heterocycles. The highest BCUT2D eigenvalue weighted by molar-refractivity contribution is 6.51. The SMILES string of the molecule is CCOC(=O)Cc1ccc(N2C(=O)C(=O)/C(=C(/O)c3cc(Cl)c(OC)c(Cl)c3)C2c2ccccn2)cc1. The Labute approximate surface area is 223 Å². The van der Waals surface area contributed by atoms with Crippen LogP contribution in [0.4, 0.5) is 5.69 Å². The van der Waals surface area contributed by atoms with Gasteiger partial charge < -0.3 is 14.6 Å². The van der Waals surface area contributed by atoms with Gasteiger partial charge in [0.2, 0.25) is 0 Å². The van der Waals surface area contributed by atoms with Gasteiger partial charge in [0.1, 0.15) is 11.8 Å². The van der Waals surface area contributed by atoms with Crippen LogP contribution in [0.3, 0.4) is 0 Å². The van der Waals surface area contributed by atoms with Crippen molar-refractivity contribution in [3.63, 3.8) is 0 Å². The number of amides is 1. The number of hydrogen-bond acceptors (Lipinski definition) is 7. The molecular weight excluding hydrogens is 519 g/mol. The van der Waals surface area contributed by atoms with Crippen molar-refractivity contribution >= 4 is 52.3 Å². The van der Waals surface area contributed by atoms with Crippen LogP contribution in [0.1, 0.15) is 29.8 Å². The van der Waals surface area contributed by atoms with E-state index in [1.807, 2.05) is 0 Å². The molecule has 0 aliphatic carbocycles. The Balaban J connectivity index is 1.82. The zero-order chi connectivity index (χ0) is 26.7. The normalized spacial score (nSPS) is 16.6. The van der Waals surface area contributed by atoms with E-state index in [0.717, 1.165) is 0 Å². The number of rotatable bonds is 7. The van der Waals surface area contributed by atoms with Gasteiger partial charge in [-0.25, -0.2) is 0 Å². The van der Waals surface area contributed by atoms with E-state index in [4.69, 9.17) is 32.7 Å². The van der Waals surface area contributed by atoms with Crippen molar-refractivity contribution < 1.29 is 29.0 Å². The summed E-state index contributed by atoms with van der Waals surface area (Å²) in [4.78, 5) is 44.0. The van der Waals surface area contributed by atoms with E-state index in [2.05, 4.69) is 4.98 Å². The van der Waals surface area contributed by atoms with E-state index in [9.17, 15) is 19.5 Å². The first kappa shape index (κ1) is 26.2. The molecule has 0 bridgehead atoms. The van der Waals surface area contributed by atoms with Crippen LogP contribution in [0.15, 0.2) is 66.4 Å². The average Bonchev–Trinajstić information content (AvgIpc) is 3.15. The van der Waals surface area contributed by atoms with Gasteiger partial charge in [0.25, 0.3) is 11.7 Å². The number of aliphatic hydroxyl groups is 1. The van der Waals surface area contributed by atoms with Crippen LogP contribution in [-0.2, 0) is 25.5 Å². The van der Waals surface area contributed by atoms with Gasteiger partial charge in [-0.15, -0.1) is 0 Å². The van der Waals surface area contributed by atoms with Gasteiger partial charge >= 0.3 is 5.97 Å². The van der Waals surface area contributed by atoms with Crippen molar-refractivity contribution in [2.75, 3.05) is 18.6 Å². The molecule has 1 aromatic heterocycles. The second-order valence-corrected chi connectivity index (χ2v) is 8.86. The van der Waals surface area contributed by atoms with Gasteiger partial charge in [-0.2, -0.15) is 0 Å². The fourth-order valence-electron chi connectivity index (χ4n) is 4.12. The maximum Gasteiger partial charge on any atom is 0.310 e. The number of ketones is 1. The molecule has 3 aromatic rings. The van der Waals surface area contributed by atoms with Crippen LogP contribution in [0, 0.1) is 0 Å². The van der Waals surface area contributed by atoms with Gasteiger partial charge in [-0.1, -0.05) is 41.4 Å². The molecule has 1 N–H and O–H groups in total. The molecule has 1 fully saturated rings. The van der Waals surface area contributed by atoms with Gasteiger partial charge in [0.05, 0.1) is 41.4 Å². The second kappa shape index (κ2) is 11.0. The molecule has 2 aromatic carbocycles. The first-order valence-corrected chi connectivity index (χ1v) is 12.0. The van der Waals surface area contributed by atoms with E-state index in [1.165, 1.54) is 30.3 Å². The summed E-state index contributed by atoms with van der Waals surface area (Å²) < 4.78 is 10.1. The standard InChI is InChI=1S/C27H22Cl2N2O6/c1-3-37-21(32)12-15-7-9-17(10-8-15)31-23(20-6-4-5-11-30-20)22(25(34)27(31)35)24(33)16-13-18(28)26(36-2)19(29)14-16/h4-11,13-14,23,33H,3,12H2,1-2H3/b24-22+. The predicted octanol–water partition coefficient (Wildman–Crippen LogP) is 5.13. The Hall–Kier alpha value is -3.88. The van der Waals surface area contributed by atoms with Gasteiger partial charge in [0.15, 0.2) is 5.75 Å². The van der Waals surface area contributed by atoms with E-state index < -0.39 is 23.5 Å². The molecule has 1 aliphatic heterocycles. The van der Waals surface area contributed by atoms with Crippen LogP contribution < -0.4 is 9.64 Å². The minimum Gasteiger partial charge on any atom is -0.507 e. The predicted molar refractivity (Wildman–Crippen MR) is 139 cm³/mol. The monoisotopic (exact) mass is 540 g/mol. The first-order valence-electron chi connectivity index (χ1n) is 11.3. The molecule has 1 unspecified atom stereocenters. The molecule has 190 valence electrons. The molecule has 10 heteroatoms. The van der Waals surface area contributed by atoms with Crippen LogP contribution in [0.25, 0.3) is 5.76 Å². The number of carbonyl (C=O) groups excluding carboxylic acids is 3. The maximum atomic E-state index is 13.3. The zero-order valence-electron chi connectivity index (χ0n) is 19.9. The molecule has 1 aliphatic rings. The molecule has 0 saturated carbocycles. The summed E-state index contributed by atoms with van der Waals surface area (Å²) in [6.07, 6.45) is 1.59. The number of methoxy groups -OCH3 is 1. The number of hydrogen-bond donors (Lipinski definition) is 1. The number of carbonyl (C=O) groups is 3. The smallest absolute Gasteiger partial charge is 0.310 e. The highest BCUT2D eigenvalue weighted by Crippen LogP contribution is 2.43. The number of aromatic nitrogens is 1. The molecule has 4 rings (SSSR count). The van der Waals surface area contributed by atoms with E-state index in [-0.39, 0.29) is 45.9 Å². The fraction of sp³-hybridized carbons (Fsp3) is 0.185. The summed E-state index contributed by atoms with van der Waals surface area (Å²) in [6.45, 7) is 2.00. The van der Waals surface area contributed by atoms with Crippen molar-refractivity contribution in [3.05, 3.63) is 93.2 Å². The highest BCUT2D eigenvalue weighted by Gasteiger charge is 2.47. The Bertz CT molecular complexity index is 1370. The van der Waals surface area contributed by atoms with Crippen molar-refractivity contribution in [2.24, 2.45) is 0 Å². The van der Waals surface area contributed by atoms with Gasteiger partial charge in [-0.05, 0) is 48.9 Å². The molecule has 8 nitrogen and oxygen atoms in total. The summed E-state index contributed by atoms with van der Waals surface area (Å²) in [7, 11) is 1.40. The second-order valence-electron chi connectivity index (χ2n) is 8.05. The molecule has 1 atom stereocenters. The summed E-state index contributed by atoms with van der Waals surface area (Å²) in [5, 5.41) is 11.5. The molecule has 0 spiro atoms. The lowest BCUT2D eigenvalue weighted by molar-refractivity contribution is -0.142. The Morgan fingerprint density at radius 1 is 1.08 bits per heavy atom. The van der Waals surface area contributed by atoms with Crippen molar-refractivity contribution in [1.82, 2.24) is 4.98 Å². The van der Waals surface area contributed by atoms with Crippen molar-refractivity contribution in [2.45, 2.75) is 19.4 Å². The number of nitrogens with zero attached hydrogens (tertiary/aromatic N) is 2. The average molecular weight is 541 g/mol. The molecular formula is C27H22Cl2N2O6. The summed E-state index contributed by atoms with van der Waals surface area (Å²) in [6, 6.07) is 13.4. The zero-order valence-corrected chi connectivity index (χ0v) is 21.4. The van der Waals surface area contributed by atoms with Crippen LogP contribution in [0.5, 0.6) is 5.75 Å². The van der Waals surface area contributed by atoms with Crippen LogP contribution >= 0.6 is 23.2 Å². The Kier molecular flexibility index (Phi) is 7.80. The molecule has 2 heterocycles. The number of ether oxygens (including phenoxy) is 2. The number of anilines is 1.